The standard InChI is InChI=1S/C14H21ClFN3/c1-10-5-13(15)11(6-14(10)16)7-18-9-12-8-17-3-4-19(12)2/h5-6,12,17-18H,3-4,7-9H2,1-2H3. The van der Waals surface area contributed by atoms with E-state index in [0.29, 0.717) is 23.2 Å². The van der Waals surface area contributed by atoms with Gasteiger partial charge in [0.05, 0.1) is 0 Å². The molecule has 0 aliphatic carbocycles. The topological polar surface area (TPSA) is 27.3 Å². The summed E-state index contributed by atoms with van der Waals surface area (Å²) in [6.07, 6.45) is 0. The minimum Gasteiger partial charge on any atom is -0.314 e. The van der Waals surface area contributed by atoms with Crippen LogP contribution in [0.25, 0.3) is 0 Å². The van der Waals surface area contributed by atoms with Crippen LogP contribution in [0.2, 0.25) is 5.02 Å². The van der Waals surface area contributed by atoms with Crippen LogP contribution in [-0.4, -0.2) is 44.2 Å². The van der Waals surface area contributed by atoms with Gasteiger partial charge in [-0.3, -0.25) is 4.90 Å². The Morgan fingerprint density at radius 1 is 1.53 bits per heavy atom. The Morgan fingerprint density at radius 3 is 3.05 bits per heavy atom. The predicted octanol–water partition coefficient (Wildman–Crippen LogP) is 1.78. The zero-order valence-electron chi connectivity index (χ0n) is 11.5. The van der Waals surface area contributed by atoms with Crippen LogP contribution in [0, 0.1) is 12.7 Å². The molecule has 1 aromatic carbocycles. The van der Waals surface area contributed by atoms with Crippen molar-refractivity contribution in [1.29, 1.82) is 0 Å². The number of nitrogens with zero attached hydrogens (tertiary/aromatic N) is 1. The largest absolute Gasteiger partial charge is 0.314 e. The van der Waals surface area contributed by atoms with Gasteiger partial charge in [0.25, 0.3) is 0 Å². The molecule has 5 heteroatoms. The van der Waals surface area contributed by atoms with Gasteiger partial charge in [-0.25, -0.2) is 4.39 Å². The first-order valence-electron chi connectivity index (χ1n) is 6.64. The lowest BCUT2D eigenvalue weighted by Crippen LogP contribution is -2.53. The van der Waals surface area contributed by atoms with Crippen LogP contribution < -0.4 is 10.6 Å². The molecular weight excluding hydrogens is 265 g/mol. The van der Waals surface area contributed by atoms with Gasteiger partial charge in [0, 0.05) is 43.8 Å². The molecule has 1 aromatic rings. The Kier molecular flexibility index (Phi) is 5.16. The highest BCUT2D eigenvalue weighted by Crippen LogP contribution is 2.20. The molecule has 2 N–H and O–H groups in total. The second-order valence-corrected chi connectivity index (χ2v) is 5.57. The molecular formula is C14H21ClFN3. The third kappa shape index (κ3) is 3.89. The molecule has 1 unspecified atom stereocenters. The van der Waals surface area contributed by atoms with Crippen molar-refractivity contribution in [3.05, 3.63) is 34.1 Å². The summed E-state index contributed by atoms with van der Waals surface area (Å²) < 4.78 is 13.5. The van der Waals surface area contributed by atoms with Crippen LogP contribution >= 0.6 is 11.6 Å². The van der Waals surface area contributed by atoms with E-state index in [-0.39, 0.29) is 5.82 Å². The summed E-state index contributed by atoms with van der Waals surface area (Å²) in [5.74, 6) is -0.197. The molecule has 1 aliphatic heterocycles. The lowest BCUT2D eigenvalue weighted by atomic mass is 10.1. The predicted molar refractivity (Wildman–Crippen MR) is 77.1 cm³/mol. The van der Waals surface area contributed by atoms with Gasteiger partial charge in [-0.15, -0.1) is 0 Å². The summed E-state index contributed by atoms with van der Waals surface area (Å²) >= 11 is 6.12. The third-order valence-electron chi connectivity index (χ3n) is 3.67. The van der Waals surface area contributed by atoms with Crippen molar-refractivity contribution in [3.63, 3.8) is 0 Å². The number of benzene rings is 1. The van der Waals surface area contributed by atoms with Crippen molar-refractivity contribution >= 4 is 11.6 Å². The van der Waals surface area contributed by atoms with Crippen LogP contribution in [0.5, 0.6) is 0 Å². The smallest absolute Gasteiger partial charge is 0.126 e. The van der Waals surface area contributed by atoms with Crippen molar-refractivity contribution in [1.82, 2.24) is 15.5 Å². The second kappa shape index (κ2) is 6.66. The molecule has 0 saturated carbocycles. The molecule has 2 rings (SSSR count). The van der Waals surface area contributed by atoms with Gasteiger partial charge in [0.1, 0.15) is 5.82 Å². The Balaban J connectivity index is 1.87. The molecule has 0 bridgehead atoms. The Morgan fingerprint density at radius 2 is 2.32 bits per heavy atom. The number of hydrogen-bond acceptors (Lipinski definition) is 3. The number of likely N-dealkylation sites (N-methyl/N-ethyl adjacent to an activating group) is 1. The summed E-state index contributed by atoms with van der Waals surface area (Å²) in [5.41, 5.74) is 1.40. The van der Waals surface area contributed by atoms with E-state index in [4.69, 9.17) is 11.6 Å². The maximum absolute atomic E-state index is 13.5. The average molecular weight is 286 g/mol. The minimum atomic E-state index is -0.197. The molecule has 3 nitrogen and oxygen atoms in total. The van der Waals surface area contributed by atoms with Crippen LogP contribution in [0.4, 0.5) is 4.39 Å². The van der Waals surface area contributed by atoms with Crippen molar-refractivity contribution in [2.75, 3.05) is 33.2 Å². The van der Waals surface area contributed by atoms with Gasteiger partial charge in [-0.2, -0.15) is 0 Å². The van der Waals surface area contributed by atoms with E-state index in [1.165, 1.54) is 6.07 Å². The fourth-order valence-corrected chi connectivity index (χ4v) is 2.57. The summed E-state index contributed by atoms with van der Waals surface area (Å²) in [5, 5.41) is 7.36. The lowest BCUT2D eigenvalue weighted by Gasteiger charge is -2.33. The van der Waals surface area contributed by atoms with Gasteiger partial charge in [0.15, 0.2) is 0 Å². The molecule has 1 aliphatic rings. The van der Waals surface area contributed by atoms with E-state index in [1.54, 1.807) is 13.0 Å². The molecule has 19 heavy (non-hydrogen) atoms. The lowest BCUT2D eigenvalue weighted by molar-refractivity contribution is 0.195. The van der Waals surface area contributed by atoms with Crippen molar-refractivity contribution in [2.24, 2.45) is 0 Å². The highest BCUT2D eigenvalue weighted by molar-refractivity contribution is 6.31. The first kappa shape index (κ1) is 14.7. The molecule has 1 atom stereocenters. The first-order valence-corrected chi connectivity index (χ1v) is 7.02. The van der Waals surface area contributed by atoms with Gasteiger partial charge in [-0.1, -0.05) is 11.6 Å². The van der Waals surface area contributed by atoms with Crippen LogP contribution in [-0.2, 0) is 6.54 Å². The molecule has 1 fully saturated rings. The van der Waals surface area contributed by atoms with Crippen LogP contribution in [0.1, 0.15) is 11.1 Å². The molecule has 0 amide bonds. The Hall–Kier alpha value is -0.680. The van der Waals surface area contributed by atoms with Gasteiger partial charge in [-0.05, 0) is 37.2 Å². The van der Waals surface area contributed by atoms with E-state index in [9.17, 15) is 4.39 Å². The summed E-state index contributed by atoms with van der Waals surface area (Å²) in [6.45, 7) is 6.28. The highest BCUT2D eigenvalue weighted by atomic mass is 35.5. The first-order chi connectivity index (χ1) is 9.08. The van der Waals surface area contributed by atoms with Gasteiger partial charge >= 0.3 is 0 Å². The third-order valence-corrected chi connectivity index (χ3v) is 4.02. The Labute approximate surface area is 119 Å². The van der Waals surface area contributed by atoms with Crippen molar-refractivity contribution < 1.29 is 4.39 Å². The molecule has 0 spiro atoms. The van der Waals surface area contributed by atoms with Crippen molar-refractivity contribution in [3.8, 4) is 0 Å². The average Bonchev–Trinajstić information content (AvgIpc) is 2.38. The SMILES string of the molecule is Cc1cc(Cl)c(CNCC2CNCCN2C)cc1F. The number of rotatable bonds is 4. The fraction of sp³-hybridized carbons (Fsp3) is 0.571. The number of hydrogen-bond donors (Lipinski definition) is 2. The zero-order chi connectivity index (χ0) is 13.8. The normalized spacial score (nSPS) is 20.7. The van der Waals surface area contributed by atoms with Gasteiger partial charge in [0.2, 0.25) is 0 Å². The number of halogens is 2. The number of piperazine rings is 1. The highest BCUT2D eigenvalue weighted by Gasteiger charge is 2.17. The van der Waals surface area contributed by atoms with Gasteiger partial charge < -0.3 is 10.6 Å². The van der Waals surface area contributed by atoms with Crippen molar-refractivity contribution in [2.45, 2.75) is 19.5 Å². The van der Waals surface area contributed by atoms with E-state index in [1.807, 2.05) is 0 Å². The minimum absolute atomic E-state index is 0.197. The maximum Gasteiger partial charge on any atom is 0.126 e. The summed E-state index contributed by atoms with van der Waals surface area (Å²) in [4.78, 5) is 2.33. The molecule has 0 radical (unpaired) electrons. The van der Waals surface area contributed by atoms with E-state index >= 15 is 0 Å². The number of nitrogens with one attached hydrogen (secondary N) is 2. The van der Waals surface area contributed by atoms with E-state index < -0.39 is 0 Å². The monoisotopic (exact) mass is 285 g/mol. The summed E-state index contributed by atoms with van der Waals surface area (Å²) in [6, 6.07) is 3.68. The maximum atomic E-state index is 13.5. The van der Waals surface area contributed by atoms with E-state index in [2.05, 4.69) is 22.6 Å². The fourth-order valence-electron chi connectivity index (χ4n) is 2.29. The quantitative estimate of drug-likeness (QED) is 0.883. The van der Waals surface area contributed by atoms with Crippen LogP contribution in [0.15, 0.2) is 12.1 Å². The van der Waals surface area contributed by atoms with Crippen LogP contribution in [0.3, 0.4) is 0 Å². The summed E-state index contributed by atoms with van der Waals surface area (Å²) in [7, 11) is 2.13. The Bertz CT molecular complexity index is 439. The zero-order valence-corrected chi connectivity index (χ0v) is 12.2. The molecule has 106 valence electrons. The van der Waals surface area contributed by atoms with E-state index in [0.717, 1.165) is 31.7 Å². The molecule has 0 aromatic heterocycles. The molecule has 1 saturated heterocycles. The second-order valence-electron chi connectivity index (χ2n) is 5.16. The molecule has 1 heterocycles. The number of aryl methyl sites for hydroxylation is 1.